The average molecular weight is 363 g/mol. The van der Waals surface area contributed by atoms with Gasteiger partial charge in [0, 0.05) is 31.1 Å². The summed E-state index contributed by atoms with van der Waals surface area (Å²) in [6.07, 6.45) is 10.6. The van der Waals surface area contributed by atoms with Crippen molar-refractivity contribution in [2.24, 2.45) is 0 Å². The first-order valence-electron chi connectivity index (χ1n) is 8.91. The van der Waals surface area contributed by atoms with Crippen molar-refractivity contribution in [3.63, 3.8) is 0 Å². The number of terminal acetylenes is 1. The lowest BCUT2D eigenvalue weighted by molar-refractivity contribution is -0.0132. The van der Waals surface area contributed by atoms with Gasteiger partial charge in [-0.15, -0.1) is 6.42 Å². The zero-order chi connectivity index (χ0) is 19.0. The molecule has 0 aliphatic carbocycles. The Hall–Kier alpha value is -3.04. The maximum absolute atomic E-state index is 12.5. The standard InChI is InChI=1S/C21H21N3O3/c1-4-15-18(24-10-7-21(2,26-3)8-11-24)16-13-14(20-22-9-12-27-20)5-6-17(16)23-19(15)25/h1,5-6,9,12-13H,7-8,10-11H2,2-3H3,(H,23,25). The number of benzene rings is 1. The van der Waals surface area contributed by atoms with Gasteiger partial charge in [-0.25, -0.2) is 4.98 Å². The summed E-state index contributed by atoms with van der Waals surface area (Å²) in [5, 5.41) is 0.888. The second-order valence-electron chi connectivity index (χ2n) is 7.06. The minimum absolute atomic E-state index is 0.146. The van der Waals surface area contributed by atoms with Gasteiger partial charge >= 0.3 is 0 Å². The first kappa shape index (κ1) is 17.4. The SMILES string of the molecule is C#Cc1c(N2CCC(C)(OC)CC2)c2cc(-c3ncco3)ccc2[nH]c1=O. The molecule has 0 saturated carbocycles. The highest BCUT2D eigenvalue weighted by Gasteiger charge is 2.31. The monoisotopic (exact) mass is 363 g/mol. The minimum Gasteiger partial charge on any atom is -0.445 e. The van der Waals surface area contributed by atoms with Crippen LogP contribution < -0.4 is 10.5 Å². The predicted octanol–water partition coefficient (Wildman–Crippen LogP) is 3.17. The van der Waals surface area contributed by atoms with E-state index in [2.05, 4.69) is 27.7 Å². The quantitative estimate of drug-likeness (QED) is 0.724. The van der Waals surface area contributed by atoms with Crippen LogP contribution in [0, 0.1) is 12.3 Å². The fourth-order valence-corrected chi connectivity index (χ4v) is 3.65. The highest BCUT2D eigenvalue weighted by atomic mass is 16.5. The van der Waals surface area contributed by atoms with E-state index in [0.717, 1.165) is 48.1 Å². The minimum atomic E-state index is -0.246. The molecule has 3 heterocycles. The molecule has 0 atom stereocenters. The molecule has 1 saturated heterocycles. The molecule has 138 valence electrons. The lowest BCUT2D eigenvalue weighted by Gasteiger charge is -2.40. The molecule has 1 aliphatic rings. The van der Waals surface area contributed by atoms with E-state index in [-0.39, 0.29) is 11.2 Å². The molecule has 1 fully saturated rings. The smallest absolute Gasteiger partial charge is 0.266 e. The van der Waals surface area contributed by atoms with Gasteiger partial charge in [-0.1, -0.05) is 5.92 Å². The Morgan fingerprint density at radius 2 is 2.15 bits per heavy atom. The summed E-state index contributed by atoms with van der Waals surface area (Å²) in [7, 11) is 1.74. The fourth-order valence-electron chi connectivity index (χ4n) is 3.65. The number of aromatic amines is 1. The van der Waals surface area contributed by atoms with E-state index >= 15 is 0 Å². The number of hydrogen-bond donors (Lipinski definition) is 1. The summed E-state index contributed by atoms with van der Waals surface area (Å²) in [4.78, 5) is 21.8. The Morgan fingerprint density at radius 1 is 1.37 bits per heavy atom. The number of hydrogen-bond acceptors (Lipinski definition) is 5. The lowest BCUT2D eigenvalue weighted by Crippen LogP contribution is -2.44. The molecule has 0 bridgehead atoms. The van der Waals surface area contributed by atoms with Gasteiger partial charge in [-0.05, 0) is 38.0 Å². The fraction of sp³-hybridized carbons (Fsp3) is 0.333. The highest BCUT2D eigenvalue weighted by molar-refractivity contribution is 5.96. The maximum atomic E-state index is 12.5. The third-order valence-corrected chi connectivity index (χ3v) is 5.44. The number of oxazole rings is 1. The zero-order valence-corrected chi connectivity index (χ0v) is 15.4. The van der Waals surface area contributed by atoms with E-state index in [1.165, 1.54) is 6.26 Å². The van der Waals surface area contributed by atoms with Crippen LogP contribution in [0.15, 0.2) is 39.9 Å². The van der Waals surface area contributed by atoms with E-state index in [0.29, 0.717) is 11.5 Å². The molecule has 0 unspecified atom stereocenters. The molecule has 0 spiro atoms. The molecule has 3 aromatic rings. The zero-order valence-electron chi connectivity index (χ0n) is 15.4. The third-order valence-electron chi connectivity index (χ3n) is 5.44. The summed E-state index contributed by atoms with van der Waals surface area (Å²) in [6, 6.07) is 5.71. The van der Waals surface area contributed by atoms with Gasteiger partial charge in [0.05, 0.1) is 23.0 Å². The Morgan fingerprint density at radius 3 is 2.78 bits per heavy atom. The number of rotatable bonds is 3. The number of H-pyrrole nitrogens is 1. The van der Waals surface area contributed by atoms with Crippen molar-refractivity contribution in [2.75, 3.05) is 25.1 Å². The van der Waals surface area contributed by atoms with Crippen molar-refractivity contribution in [1.29, 1.82) is 0 Å². The van der Waals surface area contributed by atoms with E-state index in [4.69, 9.17) is 15.6 Å². The molecule has 0 radical (unpaired) electrons. The molecule has 1 aromatic carbocycles. The maximum Gasteiger partial charge on any atom is 0.266 e. The van der Waals surface area contributed by atoms with Crippen molar-refractivity contribution in [3.8, 4) is 23.8 Å². The summed E-state index contributed by atoms with van der Waals surface area (Å²) in [5.41, 5.74) is 2.33. The van der Waals surface area contributed by atoms with Gasteiger partial charge in [-0.2, -0.15) is 0 Å². The Balaban J connectivity index is 1.88. The molecule has 2 aromatic heterocycles. The predicted molar refractivity (Wildman–Crippen MR) is 105 cm³/mol. The molecular weight excluding hydrogens is 342 g/mol. The molecule has 1 aliphatic heterocycles. The Bertz CT molecular complexity index is 1070. The molecule has 6 nitrogen and oxygen atoms in total. The average Bonchev–Trinajstić information content (AvgIpc) is 3.22. The number of nitrogens with one attached hydrogen (secondary N) is 1. The van der Waals surface area contributed by atoms with Crippen molar-refractivity contribution < 1.29 is 9.15 Å². The van der Waals surface area contributed by atoms with Gasteiger partial charge in [0.2, 0.25) is 5.89 Å². The first-order valence-corrected chi connectivity index (χ1v) is 8.91. The number of anilines is 1. The number of piperidine rings is 1. The second kappa shape index (κ2) is 6.60. The van der Waals surface area contributed by atoms with Crippen LogP contribution in [0.2, 0.25) is 0 Å². The van der Waals surface area contributed by atoms with Crippen molar-refractivity contribution in [1.82, 2.24) is 9.97 Å². The first-order chi connectivity index (χ1) is 13.0. The number of ether oxygens (including phenoxy) is 1. The van der Waals surface area contributed by atoms with Crippen LogP contribution in [0.5, 0.6) is 0 Å². The van der Waals surface area contributed by atoms with Crippen LogP contribution in [0.4, 0.5) is 5.69 Å². The van der Waals surface area contributed by atoms with Gasteiger partial charge in [0.25, 0.3) is 5.56 Å². The van der Waals surface area contributed by atoms with Gasteiger partial charge in [-0.3, -0.25) is 4.79 Å². The summed E-state index contributed by atoms with van der Waals surface area (Å²) >= 11 is 0. The number of aromatic nitrogens is 2. The van der Waals surface area contributed by atoms with Gasteiger partial charge in [0.15, 0.2) is 0 Å². The molecule has 4 rings (SSSR count). The second-order valence-corrected chi connectivity index (χ2v) is 7.06. The van der Waals surface area contributed by atoms with Crippen LogP contribution in [0.3, 0.4) is 0 Å². The largest absolute Gasteiger partial charge is 0.445 e. The molecule has 27 heavy (non-hydrogen) atoms. The van der Waals surface area contributed by atoms with Crippen molar-refractivity contribution >= 4 is 16.6 Å². The van der Waals surface area contributed by atoms with Gasteiger partial charge < -0.3 is 19.0 Å². The van der Waals surface area contributed by atoms with E-state index < -0.39 is 0 Å². The lowest BCUT2D eigenvalue weighted by atomic mass is 9.92. The molecule has 6 heteroatoms. The molecule has 0 amide bonds. The molecular formula is C21H21N3O3. The number of pyridine rings is 1. The topological polar surface area (TPSA) is 71.4 Å². The van der Waals surface area contributed by atoms with Crippen LogP contribution in [-0.4, -0.2) is 35.8 Å². The van der Waals surface area contributed by atoms with E-state index in [1.807, 2.05) is 18.2 Å². The normalized spacial score (nSPS) is 16.4. The van der Waals surface area contributed by atoms with Crippen LogP contribution in [0.25, 0.3) is 22.4 Å². The van der Waals surface area contributed by atoms with Crippen LogP contribution in [-0.2, 0) is 4.74 Å². The highest BCUT2D eigenvalue weighted by Crippen LogP contribution is 2.35. The number of fused-ring (bicyclic) bond motifs is 1. The Labute approximate surface area is 157 Å². The van der Waals surface area contributed by atoms with Crippen molar-refractivity contribution in [3.05, 3.63) is 46.6 Å². The third kappa shape index (κ3) is 3.00. The summed E-state index contributed by atoms with van der Waals surface area (Å²) in [6.45, 7) is 3.64. The van der Waals surface area contributed by atoms with Gasteiger partial charge in [0.1, 0.15) is 11.8 Å². The van der Waals surface area contributed by atoms with E-state index in [1.54, 1.807) is 13.3 Å². The summed E-state index contributed by atoms with van der Waals surface area (Å²) < 4.78 is 11.1. The summed E-state index contributed by atoms with van der Waals surface area (Å²) in [5.74, 6) is 3.12. The number of nitrogens with zero attached hydrogens (tertiary/aromatic N) is 2. The van der Waals surface area contributed by atoms with Crippen molar-refractivity contribution in [2.45, 2.75) is 25.4 Å². The Kier molecular flexibility index (Phi) is 4.25. The molecule has 1 N–H and O–H groups in total. The van der Waals surface area contributed by atoms with Crippen LogP contribution in [0.1, 0.15) is 25.3 Å². The van der Waals surface area contributed by atoms with Crippen LogP contribution >= 0.6 is 0 Å². The van der Waals surface area contributed by atoms with E-state index in [9.17, 15) is 4.79 Å². The number of methoxy groups -OCH3 is 1.